The minimum absolute atomic E-state index is 0.191. The van der Waals surface area contributed by atoms with Crippen molar-refractivity contribution >= 4 is 23.9 Å². The van der Waals surface area contributed by atoms with E-state index in [-0.39, 0.29) is 5.41 Å². The Kier molecular flexibility index (Phi) is 4.09. The second-order valence-corrected chi connectivity index (χ2v) is 9.03. The van der Waals surface area contributed by atoms with Crippen molar-refractivity contribution in [2.24, 2.45) is 5.41 Å². The van der Waals surface area contributed by atoms with Crippen LogP contribution in [0.15, 0.2) is 28.7 Å². The summed E-state index contributed by atoms with van der Waals surface area (Å²) < 4.78 is 11.7. The van der Waals surface area contributed by atoms with E-state index in [9.17, 15) is 10.00 Å². The van der Waals surface area contributed by atoms with E-state index in [4.69, 9.17) is 9.05 Å². The lowest BCUT2D eigenvalue weighted by atomic mass is 9.97. The minimum Gasteiger partial charge on any atom is -0.629 e. The van der Waals surface area contributed by atoms with Gasteiger partial charge in [0.05, 0.1) is 0 Å². The second-order valence-electron chi connectivity index (χ2n) is 5.74. The van der Waals surface area contributed by atoms with Gasteiger partial charge in [-0.25, -0.2) is 9.05 Å². The average Bonchev–Trinajstić information content (AvgIpc) is 2.34. The molecule has 1 atom stereocenters. The van der Waals surface area contributed by atoms with Gasteiger partial charge in [0.25, 0.3) is 7.94 Å². The van der Waals surface area contributed by atoms with Gasteiger partial charge in [0.1, 0.15) is 13.2 Å². The lowest BCUT2D eigenvalue weighted by molar-refractivity contribution is -0.252. The van der Waals surface area contributed by atoms with E-state index in [1.165, 1.54) is 6.92 Å². The van der Waals surface area contributed by atoms with Gasteiger partial charge in [-0.2, -0.15) is 0 Å². The van der Waals surface area contributed by atoms with Crippen LogP contribution in [0.5, 0.6) is 0 Å². The topological polar surface area (TPSA) is 61.8 Å². The van der Waals surface area contributed by atoms with E-state index in [0.717, 1.165) is 4.47 Å². The number of hydrogen-bond acceptors (Lipinski definition) is 4. The van der Waals surface area contributed by atoms with E-state index < -0.39 is 13.3 Å². The lowest BCUT2D eigenvalue weighted by Crippen LogP contribution is -2.43. The first-order chi connectivity index (χ1) is 8.66. The van der Waals surface area contributed by atoms with E-state index in [1.54, 1.807) is 24.3 Å². The van der Waals surface area contributed by atoms with Crippen LogP contribution in [0.2, 0.25) is 0 Å². The van der Waals surface area contributed by atoms with Gasteiger partial charge in [0, 0.05) is 22.4 Å². The minimum atomic E-state index is -3.59. The van der Waals surface area contributed by atoms with E-state index in [2.05, 4.69) is 15.9 Å². The van der Waals surface area contributed by atoms with Crippen molar-refractivity contribution < 1.29 is 19.0 Å². The van der Waals surface area contributed by atoms with Crippen LogP contribution in [-0.2, 0) is 14.4 Å². The Hall–Kier alpha value is -0.0300. The fraction of sp³-hybridized carbons (Fsp3) is 0.538. The molecule has 1 fully saturated rings. The molecular weight excluding hydrogens is 331 g/mol. The molecule has 1 aliphatic heterocycles. The summed E-state index contributed by atoms with van der Waals surface area (Å²) in [5, 5.41) is 8.95. The molecule has 2 rings (SSSR count). The molecule has 0 amide bonds. The summed E-state index contributed by atoms with van der Waals surface area (Å²) in [7, 11) is -3.59. The highest BCUT2D eigenvalue weighted by Gasteiger charge is 2.56. The zero-order valence-corrected chi connectivity index (χ0v) is 13.7. The van der Waals surface area contributed by atoms with Crippen LogP contribution in [0.4, 0.5) is 0 Å². The predicted octanol–water partition coefficient (Wildman–Crippen LogP) is 2.81. The lowest BCUT2D eigenvalue weighted by Gasteiger charge is -2.44. The Morgan fingerprint density at radius 1 is 1.26 bits per heavy atom. The van der Waals surface area contributed by atoms with Crippen LogP contribution >= 0.6 is 23.9 Å². The summed E-state index contributed by atoms with van der Waals surface area (Å²) in [6.45, 7) is 6.00. The fourth-order valence-electron chi connectivity index (χ4n) is 1.77. The third-order valence-electron chi connectivity index (χ3n) is 3.17. The standard InChI is InChI=1S/C13H18BrO4P/c1-12(2)8-17-19(16,18-9-12)13(3,15)10-4-6-11(14)7-5-10/h4-7,15H,8-9H2,1-3H3/t13-/m1/s1. The van der Waals surface area contributed by atoms with Crippen LogP contribution < -0.4 is 4.89 Å². The first-order valence-corrected chi connectivity index (χ1v) is 8.38. The van der Waals surface area contributed by atoms with Crippen LogP contribution in [0, 0.1) is 5.41 Å². The monoisotopic (exact) mass is 348 g/mol. The SMILES string of the molecule is CC1(C)CO[P+]([O-])([C@@](C)(O)c2ccc(Br)cc2)OC1. The van der Waals surface area contributed by atoms with Crippen molar-refractivity contribution in [3.8, 4) is 0 Å². The molecule has 19 heavy (non-hydrogen) atoms. The Morgan fingerprint density at radius 2 is 1.74 bits per heavy atom. The molecule has 1 heterocycles. The van der Waals surface area contributed by atoms with Crippen molar-refractivity contribution in [2.45, 2.75) is 26.1 Å². The quantitative estimate of drug-likeness (QED) is 0.834. The van der Waals surface area contributed by atoms with Crippen molar-refractivity contribution in [2.75, 3.05) is 13.2 Å². The second kappa shape index (κ2) is 5.06. The highest BCUT2D eigenvalue weighted by Crippen LogP contribution is 2.69. The molecule has 0 spiro atoms. The maximum Gasteiger partial charge on any atom is 0.274 e. The van der Waals surface area contributed by atoms with Crippen molar-refractivity contribution in [3.63, 3.8) is 0 Å². The van der Waals surface area contributed by atoms with Crippen molar-refractivity contribution in [1.29, 1.82) is 0 Å². The highest BCUT2D eigenvalue weighted by atomic mass is 79.9. The predicted molar refractivity (Wildman–Crippen MR) is 76.3 cm³/mol. The first kappa shape index (κ1) is 15.4. The number of benzene rings is 1. The average molecular weight is 349 g/mol. The number of halogens is 1. The molecule has 1 saturated heterocycles. The van der Waals surface area contributed by atoms with Gasteiger partial charge in [0.15, 0.2) is 0 Å². The smallest absolute Gasteiger partial charge is 0.274 e. The number of hydrogen-bond donors (Lipinski definition) is 1. The summed E-state index contributed by atoms with van der Waals surface area (Å²) in [4.78, 5) is 12.7. The molecule has 6 heteroatoms. The Balaban J connectivity index is 2.26. The molecule has 0 aromatic heterocycles. The largest absolute Gasteiger partial charge is 0.629 e. The van der Waals surface area contributed by atoms with Gasteiger partial charge in [-0.05, 0) is 12.1 Å². The van der Waals surface area contributed by atoms with E-state index in [0.29, 0.717) is 18.8 Å². The summed E-state index contributed by atoms with van der Waals surface area (Å²) in [5.41, 5.74) is 0.322. The van der Waals surface area contributed by atoms with Gasteiger partial charge in [-0.3, -0.25) is 0 Å². The molecule has 1 N–H and O–H groups in total. The molecular formula is C13H18BrO4P. The maximum absolute atomic E-state index is 12.7. The molecule has 1 aromatic rings. The number of aliphatic hydroxyl groups is 1. The van der Waals surface area contributed by atoms with Crippen LogP contribution in [0.3, 0.4) is 0 Å². The van der Waals surface area contributed by atoms with Gasteiger partial charge in [-0.1, -0.05) is 41.9 Å². The molecule has 0 aliphatic carbocycles. The zero-order valence-electron chi connectivity index (χ0n) is 11.2. The van der Waals surface area contributed by atoms with E-state index >= 15 is 0 Å². The molecule has 106 valence electrons. The summed E-state index contributed by atoms with van der Waals surface area (Å²) in [6, 6.07) is 6.97. The molecule has 0 unspecified atom stereocenters. The normalized spacial score (nSPS) is 24.7. The first-order valence-electron chi connectivity index (χ1n) is 6.04. The van der Waals surface area contributed by atoms with Gasteiger partial charge < -0.3 is 10.00 Å². The molecule has 1 aliphatic rings. The fourth-order valence-corrected chi connectivity index (χ4v) is 4.12. The zero-order chi connectivity index (χ0) is 14.3. The van der Waals surface area contributed by atoms with Crippen molar-refractivity contribution in [1.82, 2.24) is 0 Å². The third kappa shape index (κ3) is 3.02. The van der Waals surface area contributed by atoms with Crippen LogP contribution in [-0.4, -0.2) is 18.3 Å². The molecule has 0 bridgehead atoms. The van der Waals surface area contributed by atoms with Gasteiger partial charge in [-0.15, -0.1) is 0 Å². The third-order valence-corrected chi connectivity index (χ3v) is 5.97. The molecule has 1 aromatic carbocycles. The molecule has 4 nitrogen and oxygen atoms in total. The van der Waals surface area contributed by atoms with Crippen molar-refractivity contribution in [3.05, 3.63) is 34.3 Å². The highest BCUT2D eigenvalue weighted by molar-refractivity contribution is 9.10. The Morgan fingerprint density at radius 3 is 2.21 bits per heavy atom. The molecule has 0 radical (unpaired) electrons. The summed E-state index contributed by atoms with van der Waals surface area (Å²) in [5.74, 6) is 0. The summed E-state index contributed by atoms with van der Waals surface area (Å²) in [6.07, 6.45) is 0. The Bertz CT molecular complexity index is 448. The summed E-state index contributed by atoms with van der Waals surface area (Å²) >= 11 is 3.32. The Labute approximate surface area is 122 Å². The maximum atomic E-state index is 12.7. The van der Waals surface area contributed by atoms with Crippen LogP contribution in [0.1, 0.15) is 26.3 Å². The van der Waals surface area contributed by atoms with E-state index in [1.807, 2.05) is 13.8 Å². The van der Waals surface area contributed by atoms with Crippen LogP contribution in [0.25, 0.3) is 0 Å². The molecule has 0 saturated carbocycles. The van der Waals surface area contributed by atoms with Gasteiger partial charge in [0.2, 0.25) is 5.34 Å². The number of rotatable bonds is 2. The van der Waals surface area contributed by atoms with Gasteiger partial charge >= 0.3 is 0 Å².